The van der Waals surface area contributed by atoms with Gasteiger partial charge in [0.05, 0.1) is 22.8 Å². The fourth-order valence-electron chi connectivity index (χ4n) is 4.31. The molecular formula is C24H29FN4O5. The van der Waals surface area contributed by atoms with E-state index in [1.54, 1.807) is 17.7 Å². The number of nitrogens with one attached hydrogen (secondary N) is 2. The molecule has 0 radical (unpaired) electrons. The van der Waals surface area contributed by atoms with Gasteiger partial charge in [0.1, 0.15) is 17.3 Å². The molecule has 2 aromatic carbocycles. The summed E-state index contributed by atoms with van der Waals surface area (Å²) in [6, 6.07) is 7.11. The zero-order valence-electron chi connectivity index (χ0n) is 19.4. The first kappa shape index (κ1) is 23.8. The van der Waals surface area contributed by atoms with Crippen LogP contribution in [0, 0.1) is 5.82 Å². The summed E-state index contributed by atoms with van der Waals surface area (Å²) in [5.74, 6) is -0.465. The highest BCUT2D eigenvalue weighted by Gasteiger charge is 2.26. The van der Waals surface area contributed by atoms with Crippen LogP contribution in [0.5, 0.6) is 11.5 Å². The van der Waals surface area contributed by atoms with E-state index in [4.69, 9.17) is 4.74 Å². The summed E-state index contributed by atoms with van der Waals surface area (Å²) in [5, 5.41) is 26.7. The number of fused-ring (bicyclic) bond motifs is 2. The van der Waals surface area contributed by atoms with Gasteiger partial charge >= 0.3 is 5.69 Å². The second-order valence-corrected chi connectivity index (χ2v) is 9.26. The number of aryl methyl sites for hydroxylation is 2. The summed E-state index contributed by atoms with van der Waals surface area (Å²) in [4.78, 5) is 24.1. The Balaban J connectivity index is 1.39. The molecule has 1 aliphatic heterocycles. The first-order valence-corrected chi connectivity index (χ1v) is 11.1. The molecule has 182 valence electrons. The van der Waals surface area contributed by atoms with Gasteiger partial charge in [-0.15, -0.1) is 0 Å². The molecule has 4 N–H and O–H groups in total. The van der Waals surface area contributed by atoms with Crippen LogP contribution in [0.4, 0.5) is 10.1 Å². The molecule has 3 aromatic rings. The smallest absolute Gasteiger partial charge is 0.328 e. The summed E-state index contributed by atoms with van der Waals surface area (Å²) in [6.07, 6.45) is 0.351. The van der Waals surface area contributed by atoms with Gasteiger partial charge in [0.25, 0.3) is 5.91 Å². The number of anilines is 1. The van der Waals surface area contributed by atoms with E-state index in [0.717, 1.165) is 0 Å². The third kappa shape index (κ3) is 4.78. The molecule has 4 rings (SSSR count). The van der Waals surface area contributed by atoms with E-state index in [-0.39, 0.29) is 41.9 Å². The van der Waals surface area contributed by atoms with Gasteiger partial charge in [-0.1, -0.05) is 0 Å². The predicted molar refractivity (Wildman–Crippen MR) is 126 cm³/mol. The van der Waals surface area contributed by atoms with Crippen molar-refractivity contribution in [2.75, 3.05) is 18.5 Å². The molecule has 0 aliphatic carbocycles. The number of aromatic hydroxyl groups is 1. The number of carbonyl (C=O) groups excluding carboxylic acids is 1. The Kier molecular flexibility index (Phi) is 6.37. The quantitative estimate of drug-likeness (QED) is 0.400. The Labute approximate surface area is 195 Å². The summed E-state index contributed by atoms with van der Waals surface area (Å²) < 4.78 is 22.3. The van der Waals surface area contributed by atoms with Crippen LogP contribution in [0.3, 0.4) is 0 Å². The van der Waals surface area contributed by atoms with Crippen molar-refractivity contribution >= 4 is 22.6 Å². The van der Waals surface area contributed by atoms with E-state index < -0.39 is 6.10 Å². The zero-order valence-corrected chi connectivity index (χ0v) is 19.4. The molecule has 0 saturated carbocycles. The molecular weight excluding hydrogens is 443 g/mol. The Hall–Kier alpha value is -3.37. The number of hydrogen-bond donors (Lipinski definition) is 4. The molecule has 1 aliphatic rings. The second kappa shape index (κ2) is 9.11. The van der Waals surface area contributed by atoms with Gasteiger partial charge in [0.15, 0.2) is 6.61 Å². The summed E-state index contributed by atoms with van der Waals surface area (Å²) in [7, 11) is 1.67. The molecule has 0 fully saturated rings. The average Bonchev–Trinajstić information content (AvgIpc) is 3.00. The number of phenolic OH excluding ortho intramolecular Hbond substituents is 1. The average molecular weight is 473 g/mol. The highest BCUT2D eigenvalue weighted by atomic mass is 19.1. The lowest BCUT2D eigenvalue weighted by atomic mass is 9.97. The van der Waals surface area contributed by atoms with Crippen molar-refractivity contribution in [2.45, 2.75) is 44.9 Å². The van der Waals surface area contributed by atoms with E-state index in [9.17, 15) is 24.2 Å². The number of benzene rings is 2. The first-order valence-electron chi connectivity index (χ1n) is 11.1. The van der Waals surface area contributed by atoms with Crippen molar-refractivity contribution in [3.05, 3.63) is 52.2 Å². The van der Waals surface area contributed by atoms with Crippen LogP contribution in [0.1, 0.15) is 38.4 Å². The van der Waals surface area contributed by atoms with Gasteiger partial charge in [0.2, 0.25) is 0 Å². The van der Waals surface area contributed by atoms with Crippen molar-refractivity contribution in [1.29, 1.82) is 0 Å². The molecule has 0 bridgehead atoms. The number of hydrogen-bond acceptors (Lipinski definition) is 6. The lowest BCUT2D eigenvalue weighted by Crippen LogP contribution is -2.42. The summed E-state index contributed by atoms with van der Waals surface area (Å²) in [6.45, 7) is 4.42. The summed E-state index contributed by atoms with van der Waals surface area (Å²) in [5.41, 5.74) is 1.37. The molecule has 1 aromatic heterocycles. The van der Waals surface area contributed by atoms with Gasteiger partial charge in [-0.05, 0) is 51.0 Å². The number of aliphatic hydroxyl groups excluding tert-OH is 1. The minimum absolute atomic E-state index is 0.0881. The number of aliphatic hydroxyl groups is 1. The first-order chi connectivity index (χ1) is 16.1. The van der Waals surface area contributed by atoms with Gasteiger partial charge in [-0.2, -0.15) is 0 Å². The topological polar surface area (TPSA) is 118 Å². The minimum atomic E-state index is -0.987. The molecule has 0 spiro atoms. The van der Waals surface area contributed by atoms with Crippen LogP contribution in [0.2, 0.25) is 0 Å². The van der Waals surface area contributed by atoms with E-state index >= 15 is 0 Å². The number of halogens is 1. The molecule has 34 heavy (non-hydrogen) atoms. The van der Waals surface area contributed by atoms with Crippen molar-refractivity contribution in [3.63, 3.8) is 0 Å². The Morgan fingerprint density at radius 2 is 2.00 bits per heavy atom. The number of phenols is 1. The number of β-amino-alcohol motifs (C(OH)–C–C–N with tert-alkyl or cyclic N) is 1. The zero-order chi connectivity index (χ0) is 24.6. The van der Waals surface area contributed by atoms with Crippen molar-refractivity contribution in [3.8, 4) is 11.5 Å². The van der Waals surface area contributed by atoms with Crippen LogP contribution >= 0.6 is 0 Å². The highest BCUT2D eigenvalue weighted by Crippen LogP contribution is 2.38. The maximum absolute atomic E-state index is 13.7. The molecule has 9 nitrogen and oxygen atoms in total. The third-order valence-corrected chi connectivity index (χ3v) is 6.15. The van der Waals surface area contributed by atoms with E-state index in [2.05, 4.69) is 10.6 Å². The monoisotopic (exact) mass is 472 g/mol. The van der Waals surface area contributed by atoms with E-state index in [0.29, 0.717) is 47.4 Å². The molecule has 1 unspecified atom stereocenters. The number of imidazole rings is 1. The minimum Gasteiger partial charge on any atom is -0.508 e. The number of ether oxygens (including phenoxy) is 1. The molecule has 1 atom stereocenters. The second-order valence-electron chi connectivity index (χ2n) is 9.26. The SMILES string of the molecule is Cn1c(=O)n(CCCC(C)(C)NCC(O)c2cc(O)cc3c2OCC(=O)N3)c2cc(F)ccc21. The number of rotatable bonds is 8. The Bertz CT molecular complexity index is 1300. The number of nitrogens with zero attached hydrogens (tertiary/aromatic N) is 2. The Morgan fingerprint density at radius 3 is 2.76 bits per heavy atom. The largest absolute Gasteiger partial charge is 0.508 e. The lowest BCUT2D eigenvalue weighted by Gasteiger charge is -2.29. The lowest BCUT2D eigenvalue weighted by molar-refractivity contribution is -0.118. The third-order valence-electron chi connectivity index (χ3n) is 6.15. The fourth-order valence-corrected chi connectivity index (χ4v) is 4.31. The Morgan fingerprint density at radius 1 is 1.24 bits per heavy atom. The van der Waals surface area contributed by atoms with E-state index in [1.807, 2.05) is 13.8 Å². The van der Waals surface area contributed by atoms with Crippen LogP contribution in [-0.4, -0.2) is 43.9 Å². The standard InChI is InChI=1S/C24H29FN4O5/c1-24(2,7-4-8-29-19-9-14(25)5-6-18(19)28(3)23(29)33)26-12-20(31)16-10-15(30)11-17-22(16)34-13-21(32)27-17/h5-6,9-11,20,26,30-31H,4,7-8,12-13H2,1-3H3,(H,27,32). The van der Waals surface area contributed by atoms with Gasteiger partial charge in [-0.3, -0.25) is 13.9 Å². The molecule has 1 amide bonds. The van der Waals surface area contributed by atoms with Gasteiger partial charge in [-0.25, -0.2) is 9.18 Å². The number of aromatic nitrogens is 2. The molecule has 2 heterocycles. The number of amides is 1. The van der Waals surface area contributed by atoms with Crippen molar-refractivity contribution < 1.29 is 24.1 Å². The maximum Gasteiger partial charge on any atom is 0.328 e. The van der Waals surface area contributed by atoms with Crippen LogP contribution in [0.25, 0.3) is 11.0 Å². The summed E-state index contributed by atoms with van der Waals surface area (Å²) >= 11 is 0. The van der Waals surface area contributed by atoms with E-state index in [1.165, 1.54) is 28.8 Å². The molecule has 10 heteroatoms. The molecule has 0 saturated heterocycles. The van der Waals surface area contributed by atoms with Gasteiger partial charge in [0, 0.05) is 37.3 Å². The van der Waals surface area contributed by atoms with Crippen molar-refractivity contribution in [1.82, 2.24) is 14.5 Å². The predicted octanol–water partition coefficient (Wildman–Crippen LogP) is 2.40. The fraction of sp³-hybridized carbons (Fsp3) is 0.417. The van der Waals surface area contributed by atoms with Gasteiger partial charge < -0.3 is 25.6 Å². The van der Waals surface area contributed by atoms with Crippen LogP contribution < -0.4 is 21.1 Å². The normalized spacial score (nSPS) is 14.6. The van der Waals surface area contributed by atoms with Crippen LogP contribution in [0.15, 0.2) is 35.1 Å². The van der Waals surface area contributed by atoms with Crippen molar-refractivity contribution in [2.24, 2.45) is 7.05 Å². The maximum atomic E-state index is 13.7. The highest BCUT2D eigenvalue weighted by molar-refractivity contribution is 5.96. The van der Waals surface area contributed by atoms with Crippen LogP contribution in [-0.2, 0) is 18.4 Å². The number of carbonyl (C=O) groups is 1.